The Morgan fingerprint density at radius 1 is 1.30 bits per heavy atom. The van der Waals surface area contributed by atoms with Crippen LogP contribution in [0.15, 0.2) is 28.9 Å². The molecule has 4 heterocycles. The molecule has 0 atom stereocenters. The van der Waals surface area contributed by atoms with Crippen molar-refractivity contribution in [1.82, 2.24) is 19.5 Å². The van der Waals surface area contributed by atoms with Crippen molar-refractivity contribution >= 4 is 34.9 Å². The lowest BCUT2D eigenvalue weighted by Crippen LogP contribution is -2.38. The van der Waals surface area contributed by atoms with Crippen molar-refractivity contribution < 1.29 is 22.4 Å². The van der Waals surface area contributed by atoms with Gasteiger partial charge in [-0.3, -0.25) is 4.79 Å². The van der Waals surface area contributed by atoms with Crippen molar-refractivity contribution in [2.75, 3.05) is 24.6 Å². The molecular weight excluding hydrogens is 405 g/mol. The number of aromatic nitrogens is 3. The van der Waals surface area contributed by atoms with Crippen LogP contribution in [0.4, 0.5) is 13.2 Å². The number of carbonyl (C=O) groups excluding carboxylic acids is 1. The molecule has 6 nitrogen and oxygen atoms in total. The SMILES string of the molecule is O=C(c1nn2c(C(F)(F)F)cc(-c3ccco3)nc2c1Cl)N1CCSCC1. The molecule has 3 aromatic rings. The Balaban J connectivity index is 1.88. The minimum atomic E-state index is -4.72. The van der Waals surface area contributed by atoms with E-state index in [0.29, 0.717) is 17.6 Å². The molecule has 1 saturated heterocycles. The third kappa shape index (κ3) is 3.27. The van der Waals surface area contributed by atoms with Crippen LogP contribution in [-0.2, 0) is 6.18 Å². The van der Waals surface area contributed by atoms with Crippen LogP contribution in [0.5, 0.6) is 0 Å². The Morgan fingerprint density at radius 2 is 2.04 bits per heavy atom. The number of hydrogen-bond donors (Lipinski definition) is 0. The third-order valence-electron chi connectivity index (χ3n) is 4.10. The highest BCUT2D eigenvalue weighted by Gasteiger charge is 2.37. The second-order valence-electron chi connectivity index (χ2n) is 5.80. The van der Waals surface area contributed by atoms with Crippen LogP contribution in [0.1, 0.15) is 16.2 Å². The average Bonchev–Trinajstić information content (AvgIpc) is 3.29. The molecule has 1 fully saturated rings. The molecule has 0 saturated carbocycles. The van der Waals surface area contributed by atoms with E-state index in [-0.39, 0.29) is 27.8 Å². The van der Waals surface area contributed by atoms with Gasteiger partial charge in [-0.1, -0.05) is 11.6 Å². The summed E-state index contributed by atoms with van der Waals surface area (Å²) in [5.74, 6) is 1.16. The first-order valence-electron chi connectivity index (χ1n) is 7.93. The molecule has 27 heavy (non-hydrogen) atoms. The van der Waals surface area contributed by atoms with Gasteiger partial charge in [0.2, 0.25) is 0 Å². The fourth-order valence-corrected chi connectivity index (χ4v) is 3.94. The molecule has 0 radical (unpaired) electrons. The van der Waals surface area contributed by atoms with Gasteiger partial charge in [-0.2, -0.15) is 30.0 Å². The zero-order chi connectivity index (χ0) is 19.2. The minimum Gasteiger partial charge on any atom is -0.463 e. The summed E-state index contributed by atoms with van der Waals surface area (Å²) in [4.78, 5) is 18.4. The largest absolute Gasteiger partial charge is 0.463 e. The van der Waals surface area contributed by atoms with Crippen molar-refractivity contribution in [3.8, 4) is 11.5 Å². The fourth-order valence-electron chi connectivity index (χ4n) is 2.80. The number of alkyl halides is 3. The maximum Gasteiger partial charge on any atom is 0.433 e. The smallest absolute Gasteiger partial charge is 0.433 e. The van der Waals surface area contributed by atoms with Gasteiger partial charge in [0.1, 0.15) is 10.7 Å². The number of hydrogen-bond acceptors (Lipinski definition) is 5. The maximum absolute atomic E-state index is 13.6. The maximum atomic E-state index is 13.6. The monoisotopic (exact) mass is 416 g/mol. The van der Waals surface area contributed by atoms with E-state index in [1.165, 1.54) is 23.3 Å². The summed E-state index contributed by atoms with van der Waals surface area (Å²) in [5, 5.41) is 3.64. The highest BCUT2D eigenvalue weighted by molar-refractivity contribution is 7.99. The lowest BCUT2D eigenvalue weighted by atomic mass is 10.2. The number of thioether (sulfide) groups is 1. The first-order chi connectivity index (χ1) is 12.9. The molecule has 1 amide bonds. The van der Waals surface area contributed by atoms with E-state index in [1.807, 2.05) is 0 Å². The van der Waals surface area contributed by atoms with Crippen LogP contribution in [0, 0.1) is 0 Å². The molecule has 1 aliphatic rings. The number of halogens is 4. The summed E-state index contributed by atoms with van der Waals surface area (Å²) in [6.07, 6.45) is -3.39. The Hall–Kier alpha value is -2.20. The number of rotatable bonds is 2. The predicted molar refractivity (Wildman–Crippen MR) is 93.9 cm³/mol. The second kappa shape index (κ2) is 6.75. The van der Waals surface area contributed by atoms with Crippen molar-refractivity contribution in [1.29, 1.82) is 0 Å². The number of carbonyl (C=O) groups is 1. The predicted octanol–water partition coefficient (Wildman–Crippen LogP) is 3.85. The number of furan rings is 1. The summed E-state index contributed by atoms with van der Waals surface area (Å²) >= 11 is 7.93. The highest BCUT2D eigenvalue weighted by Crippen LogP contribution is 2.35. The summed E-state index contributed by atoms with van der Waals surface area (Å²) in [6.45, 7) is 0.982. The molecule has 0 unspecified atom stereocenters. The molecule has 0 bridgehead atoms. The number of fused-ring (bicyclic) bond motifs is 1. The fraction of sp³-hybridized carbons (Fsp3) is 0.312. The average molecular weight is 417 g/mol. The number of nitrogens with zero attached hydrogens (tertiary/aromatic N) is 4. The van der Waals surface area contributed by atoms with Crippen molar-refractivity contribution in [2.24, 2.45) is 0 Å². The van der Waals surface area contributed by atoms with E-state index in [2.05, 4.69) is 10.1 Å². The van der Waals surface area contributed by atoms with E-state index < -0.39 is 17.8 Å². The van der Waals surface area contributed by atoms with Gasteiger partial charge in [-0.15, -0.1) is 0 Å². The zero-order valence-corrected chi connectivity index (χ0v) is 15.2. The topological polar surface area (TPSA) is 63.6 Å². The van der Waals surface area contributed by atoms with E-state index in [9.17, 15) is 18.0 Å². The normalized spacial score (nSPS) is 15.5. The molecule has 142 valence electrons. The Bertz CT molecular complexity index is 997. The lowest BCUT2D eigenvalue weighted by molar-refractivity contribution is -0.142. The van der Waals surface area contributed by atoms with Crippen molar-refractivity contribution in [3.63, 3.8) is 0 Å². The van der Waals surface area contributed by atoms with Crippen LogP contribution in [0.3, 0.4) is 0 Å². The van der Waals surface area contributed by atoms with E-state index in [1.54, 1.807) is 11.8 Å². The van der Waals surface area contributed by atoms with Crippen LogP contribution < -0.4 is 0 Å². The van der Waals surface area contributed by atoms with Gasteiger partial charge in [-0.25, -0.2) is 9.50 Å². The molecule has 3 aromatic heterocycles. The molecule has 11 heteroatoms. The molecule has 0 aliphatic carbocycles. The van der Waals surface area contributed by atoms with Gasteiger partial charge in [0, 0.05) is 24.6 Å². The molecule has 0 spiro atoms. The van der Waals surface area contributed by atoms with Gasteiger partial charge in [0.15, 0.2) is 22.8 Å². The van der Waals surface area contributed by atoms with Gasteiger partial charge in [0.05, 0.1) is 6.26 Å². The van der Waals surface area contributed by atoms with E-state index >= 15 is 0 Å². The Labute approximate surface area is 160 Å². The van der Waals surface area contributed by atoms with Crippen LogP contribution in [-0.4, -0.2) is 50.0 Å². The van der Waals surface area contributed by atoms with Crippen LogP contribution in [0.25, 0.3) is 17.1 Å². The minimum absolute atomic E-state index is 0.0463. The summed E-state index contributed by atoms with van der Waals surface area (Å²) in [5.41, 5.74) is -1.62. The van der Waals surface area contributed by atoms with Gasteiger partial charge in [0.25, 0.3) is 5.91 Å². The summed E-state index contributed by atoms with van der Waals surface area (Å²) in [7, 11) is 0. The molecular formula is C16H12ClF3N4O2S. The van der Waals surface area contributed by atoms with E-state index in [4.69, 9.17) is 16.0 Å². The van der Waals surface area contributed by atoms with E-state index in [0.717, 1.165) is 17.6 Å². The molecule has 4 rings (SSSR count). The molecule has 1 aliphatic heterocycles. The summed E-state index contributed by atoms with van der Waals surface area (Å²) < 4.78 is 46.4. The molecule has 0 aromatic carbocycles. The molecule has 0 N–H and O–H groups in total. The Morgan fingerprint density at radius 3 is 2.67 bits per heavy atom. The van der Waals surface area contributed by atoms with Crippen molar-refractivity contribution in [2.45, 2.75) is 6.18 Å². The highest BCUT2D eigenvalue weighted by atomic mass is 35.5. The first-order valence-corrected chi connectivity index (χ1v) is 9.47. The van der Waals surface area contributed by atoms with Crippen LogP contribution >= 0.6 is 23.4 Å². The second-order valence-corrected chi connectivity index (χ2v) is 7.41. The first kappa shape index (κ1) is 18.2. The Kier molecular flexibility index (Phi) is 4.55. The van der Waals surface area contributed by atoms with Crippen LogP contribution in [0.2, 0.25) is 5.02 Å². The number of amides is 1. The third-order valence-corrected chi connectivity index (χ3v) is 5.39. The quantitative estimate of drug-likeness (QED) is 0.635. The van der Waals surface area contributed by atoms with Crippen molar-refractivity contribution in [3.05, 3.63) is 40.9 Å². The standard InChI is InChI=1S/C16H12ClF3N4O2S/c17-12-13(15(25)23-3-6-27-7-4-23)22-24-11(16(18,19)20)8-9(21-14(12)24)10-2-1-5-26-10/h1-2,5,8H,3-4,6-7H2. The summed E-state index contributed by atoms with van der Waals surface area (Å²) in [6, 6.07) is 3.84. The lowest BCUT2D eigenvalue weighted by Gasteiger charge is -2.25. The van der Waals surface area contributed by atoms with Gasteiger partial charge < -0.3 is 9.32 Å². The van der Waals surface area contributed by atoms with Gasteiger partial charge in [-0.05, 0) is 18.2 Å². The van der Waals surface area contributed by atoms with Gasteiger partial charge >= 0.3 is 6.18 Å². The zero-order valence-electron chi connectivity index (χ0n) is 13.7.